The van der Waals surface area contributed by atoms with Crippen molar-refractivity contribution in [1.29, 1.82) is 0 Å². The highest BCUT2D eigenvalue weighted by atomic mass is 16.5. The van der Waals surface area contributed by atoms with Gasteiger partial charge in [0, 0.05) is 18.1 Å². The van der Waals surface area contributed by atoms with Crippen LogP contribution in [-0.4, -0.2) is 17.1 Å². The first kappa shape index (κ1) is 15.3. The summed E-state index contributed by atoms with van der Waals surface area (Å²) < 4.78 is 11.5. The smallest absolute Gasteiger partial charge is 0.137 e. The third kappa shape index (κ3) is 2.61. The Bertz CT molecular complexity index is 1090. The van der Waals surface area contributed by atoms with E-state index in [1.807, 2.05) is 48.5 Å². The molecule has 0 aliphatic heterocycles. The van der Waals surface area contributed by atoms with Crippen molar-refractivity contribution >= 4 is 21.8 Å². The standard InChI is InChI=1S/C21H16N2O2/c1-3-16-15(13-24-2)20-18(12-22-16)23-17-10-7-11-19(21(17)20)25-14-8-5-4-6-9-14/h1,4-12,23H,13H2,2H3. The second-order valence-electron chi connectivity index (χ2n) is 5.67. The molecule has 0 radical (unpaired) electrons. The number of aromatic nitrogens is 2. The normalized spacial score (nSPS) is 10.9. The van der Waals surface area contributed by atoms with Crippen molar-refractivity contribution in [2.75, 3.05) is 7.11 Å². The number of aromatic amines is 1. The molecule has 4 rings (SSSR count). The number of hydrogen-bond acceptors (Lipinski definition) is 3. The molecule has 2 aromatic heterocycles. The molecule has 0 aliphatic rings. The first-order chi connectivity index (χ1) is 12.3. The number of H-pyrrole nitrogens is 1. The molecule has 0 saturated heterocycles. The highest BCUT2D eigenvalue weighted by molar-refractivity contribution is 6.12. The molecule has 0 amide bonds. The highest BCUT2D eigenvalue weighted by Crippen LogP contribution is 2.37. The SMILES string of the molecule is C#Cc1ncc2[nH]c3cccc(Oc4ccccc4)c3c2c1COC. The highest BCUT2D eigenvalue weighted by Gasteiger charge is 2.17. The third-order valence-corrected chi connectivity index (χ3v) is 4.12. The number of pyridine rings is 1. The van der Waals surface area contributed by atoms with E-state index >= 15 is 0 Å². The van der Waals surface area contributed by atoms with E-state index in [4.69, 9.17) is 15.9 Å². The van der Waals surface area contributed by atoms with Gasteiger partial charge in [-0.1, -0.05) is 24.3 Å². The summed E-state index contributed by atoms with van der Waals surface area (Å²) in [5.41, 5.74) is 3.35. The van der Waals surface area contributed by atoms with Crippen molar-refractivity contribution < 1.29 is 9.47 Å². The Morgan fingerprint density at radius 3 is 2.64 bits per heavy atom. The van der Waals surface area contributed by atoms with Gasteiger partial charge in [0.2, 0.25) is 0 Å². The van der Waals surface area contributed by atoms with Crippen LogP contribution in [0.25, 0.3) is 21.8 Å². The lowest BCUT2D eigenvalue weighted by atomic mass is 10.1. The van der Waals surface area contributed by atoms with Crippen LogP contribution < -0.4 is 4.74 Å². The number of rotatable bonds is 4. The lowest BCUT2D eigenvalue weighted by molar-refractivity contribution is 0.185. The van der Waals surface area contributed by atoms with Crippen LogP contribution in [0.3, 0.4) is 0 Å². The van der Waals surface area contributed by atoms with E-state index in [2.05, 4.69) is 15.9 Å². The predicted molar refractivity (Wildman–Crippen MR) is 98.8 cm³/mol. The average Bonchev–Trinajstić information content (AvgIpc) is 3.03. The summed E-state index contributed by atoms with van der Waals surface area (Å²) in [4.78, 5) is 7.75. The van der Waals surface area contributed by atoms with Gasteiger partial charge >= 0.3 is 0 Å². The molecule has 122 valence electrons. The van der Waals surface area contributed by atoms with Crippen molar-refractivity contribution in [2.24, 2.45) is 0 Å². The van der Waals surface area contributed by atoms with E-state index in [0.29, 0.717) is 12.3 Å². The molecular formula is C21H16N2O2. The van der Waals surface area contributed by atoms with E-state index in [1.54, 1.807) is 13.3 Å². The summed E-state index contributed by atoms with van der Waals surface area (Å²) in [6, 6.07) is 15.6. The first-order valence-electron chi connectivity index (χ1n) is 7.92. The molecule has 25 heavy (non-hydrogen) atoms. The second-order valence-corrected chi connectivity index (χ2v) is 5.67. The third-order valence-electron chi connectivity index (χ3n) is 4.12. The Labute approximate surface area is 145 Å². The molecule has 2 aromatic carbocycles. The molecule has 4 heteroatoms. The van der Waals surface area contributed by atoms with Crippen molar-refractivity contribution in [2.45, 2.75) is 6.61 Å². The summed E-state index contributed by atoms with van der Waals surface area (Å²) >= 11 is 0. The van der Waals surface area contributed by atoms with Gasteiger partial charge < -0.3 is 14.5 Å². The summed E-state index contributed by atoms with van der Waals surface area (Å²) in [6.45, 7) is 0.385. The Balaban J connectivity index is 2.01. The van der Waals surface area contributed by atoms with Crippen LogP contribution in [-0.2, 0) is 11.3 Å². The van der Waals surface area contributed by atoms with Gasteiger partial charge in [0.15, 0.2) is 0 Å². The fraction of sp³-hybridized carbons (Fsp3) is 0.0952. The van der Waals surface area contributed by atoms with Crippen molar-refractivity contribution in [3.05, 3.63) is 66.0 Å². The maximum atomic E-state index is 6.13. The van der Waals surface area contributed by atoms with Gasteiger partial charge in [0.1, 0.15) is 17.2 Å². The van der Waals surface area contributed by atoms with Gasteiger partial charge in [-0.2, -0.15) is 0 Å². The monoisotopic (exact) mass is 328 g/mol. The minimum atomic E-state index is 0.385. The second kappa shape index (κ2) is 6.31. The Kier molecular flexibility index (Phi) is 3.85. The first-order valence-corrected chi connectivity index (χ1v) is 7.92. The van der Waals surface area contributed by atoms with E-state index in [0.717, 1.165) is 38.9 Å². The molecular weight excluding hydrogens is 312 g/mol. The number of nitrogens with zero attached hydrogens (tertiary/aromatic N) is 1. The van der Waals surface area contributed by atoms with E-state index in [9.17, 15) is 0 Å². The number of methoxy groups -OCH3 is 1. The molecule has 4 aromatic rings. The molecule has 0 bridgehead atoms. The fourth-order valence-corrected chi connectivity index (χ4v) is 3.08. The largest absolute Gasteiger partial charge is 0.457 e. The van der Waals surface area contributed by atoms with Crippen molar-refractivity contribution in [1.82, 2.24) is 9.97 Å². The maximum absolute atomic E-state index is 6.13. The van der Waals surface area contributed by atoms with Crippen LogP contribution in [0.15, 0.2) is 54.7 Å². The molecule has 0 unspecified atom stereocenters. The fourth-order valence-electron chi connectivity index (χ4n) is 3.08. The summed E-state index contributed by atoms with van der Waals surface area (Å²) in [7, 11) is 1.65. The van der Waals surface area contributed by atoms with E-state index in [1.165, 1.54) is 0 Å². The zero-order valence-electron chi connectivity index (χ0n) is 13.7. The minimum Gasteiger partial charge on any atom is -0.457 e. The van der Waals surface area contributed by atoms with Crippen LogP contribution in [0, 0.1) is 12.3 Å². The van der Waals surface area contributed by atoms with Crippen LogP contribution in [0.4, 0.5) is 0 Å². The number of para-hydroxylation sites is 1. The molecule has 2 heterocycles. The average molecular weight is 328 g/mol. The van der Waals surface area contributed by atoms with E-state index < -0.39 is 0 Å². The number of hydrogen-bond donors (Lipinski definition) is 1. The van der Waals surface area contributed by atoms with Crippen LogP contribution in [0.1, 0.15) is 11.3 Å². The predicted octanol–water partition coefficient (Wildman–Crippen LogP) is 4.64. The molecule has 4 nitrogen and oxygen atoms in total. The quantitative estimate of drug-likeness (QED) is 0.555. The number of nitrogens with one attached hydrogen (secondary N) is 1. The Morgan fingerprint density at radius 2 is 1.88 bits per heavy atom. The molecule has 0 fully saturated rings. The molecule has 0 aliphatic carbocycles. The number of ether oxygens (including phenoxy) is 2. The van der Waals surface area contributed by atoms with Gasteiger partial charge in [-0.15, -0.1) is 6.42 Å². The Morgan fingerprint density at radius 1 is 1.04 bits per heavy atom. The summed E-state index contributed by atoms with van der Waals surface area (Å²) in [5, 5.41) is 1.97. The van der Waals surface area contributed by atoms with Crippen LogP contribution >= 0.6 is 0 Å². The van der Waals surface area contributed by atoms with Crippen molar-refractivity contribution in [3.63, 3.8) is 0 Å². The van der Waals surface area contributed by atoms with Crippen molar-refractivity contribution in [3.8, 4) is 23.8 Å². The number of fused-ring (bicyclic) bond motifs is 3. The van der Waals surface area contributed by atoms with Crippen LogP contribution in [0.2, 0.25) is 0 Å². The van der Waals surface area contributed by atoms with Gasteiger partial charge in [-0.05, 0) is 30.2 Å². The maximum Gasteiger partial charge on any atom is 0.137 e. The number of terminal acetylenes is 1. The molecule has 0 saturated carbocycles. The molecule has 0 spiro atoms. The summed E-state index contributed by atoms with van der Waals surface area (Å²) in [6.07, 6.45) is 7.40. The van der Waals surface area contributed by atoms with Crippen LogP contribution in [0.5, 0.6) is 11.5 Å². The molecule has 0 atom stereocenters. The topological polar surface area (TPSA) is 47.1 Å². The van der Waals surface area contributed by atoms with E-state index in [-0.39, 0.29) is 0 Å². The molecule has 1 N–H and O–H groups in total. The van der Waals surface area contributed by atoms with Gasteiger partial charge in [0.25, 0.3) is 0 Å². The van der Waals surface area contributed by atoms with Gasteiger partial charge in [-0.3, -0.25) is 0 Å². The zero-order chi connectivity index (χ0) is 17.2. The summed E-state index contributed by atoms with van der Waals surface area (Å²) in [5.74, 6) is 4.20. The lowest BCUT2D eigenvalue weighted by Crippen LogP contribution is -1.97. The van der Waals surface area contributed by atoms with Gasteiger partial charge in [0.05, 0.1) is 29.2 Å². The minimum absolute atomic E-state index is 0.385. The lowest BCUT2D eigenvalue weighted by Gasteiger charge is -2.09. The Hall–Kier alpha value is -3.29. The zero-order valence-corrected chi connectivity index (χ0v) is 13.7. The van der Waals surface area contributed by atoms with Gasteiger partial charge in [-0.25, -0.2) is 4.98 Å². The number of benzene rings is 2.